The van der Waals surface area contributed by atoms with Crippen LogP contribution >= 0.6 is 11.8 Å². The first-order valence-corrected chi connectivity index (χ1v) is 4.50. The third-order valence-electron chi connectivity index (χ3n) is 1.33. The van der Waals surface area contributed by atoms with E-state index in [0.717, 1.165) is 22.0 Å². The number of nitrogen functional groups attached to an aromatic ring is 2. The fraction of sp³-hybridized carbons (Fsp3) is 0.250. The minimum atomic E-state index is 0.725. The van der Waals surface area contributed by atoms with E-state index in [4.69, 9.17) is 11.5 Å². The van der Waals surface area contributed by atoms with E-state index in [2.05, 4.69) is 6.92 Å². The number of nitrogens with two attached hydrogens (primary N) is 2. The first-order valence-electron chi connectivity index (χ1n) is 3.52. The van der Waals surface area contributed by atoms with E-state index in [-0.39, 0.29) is 0 Å². The highest BCUT2D eigenvalue weighted by Crippen LogP contribution is 2.25. The molecule has 0 aliphatic heterocycles. The molecule has 0 radical (unpaired) electrons. The molecule has 0 atom stereocenters. The lowest BCUT2D eigenvalue weighted by Crippen LogP contribution is -1.91. The first-order chi connectivity index (χ1) is 5.24. The highest BCUT2D eigenvalue weighted by atomic mass is 32.2. The van der Waals surface area contributed by atoms with Gasteiger partial charge >= 0.3 is 0 Å². The summed E-state index contributed by atoms with van der Waals surface area (Å²) in [5.41, 5.74) is 12.7. The van der Waals surface area contributed by atoms with Crippen LogP contribution in [0, 0.1) is 0 Å². The molecule has 0 bridgehead atoms. The van der Waals surface area contributed by atoms with E-state index in [0.29, 0.717) is 0 Å². The van der Waals surface area contributed by atoms with Gasteiger partial charge in [-0.2, -0.15) is 0 Å². The van der Waals surface area contributed by atoms with E-state index in [1.165, 1.54) is 0 Å². The van der Waals surface area contributed by atoms with Crippen LogP contribution < -0.4 is 11.5 Å². The minimum Gasteiger partial charge on any atom is -0.399 e. The maximum absolute atomic E-state index is 5.71. The van der Waals surface area contributed by atoms with Crippen molar-refractivity contribution in [3.05, 3.63) is 18.2 Å². The van der Waals surface area contributed by atoms with Crippen LogP contribution in [-0.2, 0) is 0 Å². The second-order valence-electron chi connectivity index (χ2n) is 2.23. The molecule has 2 nitrogen and oxygen atoms in total. The largest absolute Gasteiger partial charge is 0.399 e. The lowest BCUT2D eigenvalue weighted by Gasteiger charge is -2.03. The van der Waals surface area contributed by atoms with Gasteiger partial charge < -0.3 is 11.5 Å². The molecule has 3 heteroatoms. The van der Waals surface area contributed by atoms with Gasteiger partial charge in [0.25, 0.3) is 0 Å². The predicted molar refractivity (Wildman–Crippen MR) is 51.7 cm³/mol. The van der Waals surface area contributed by atoms with Crippen molar-refractivity contribution in [2.45, 2.75) is 11.8 Å². The van der Waals surface area contributed by atoms with Crippen molar-refractivity contribution < 1.29 is 0 Å². The smallest absolute Gasteiger partial charge is 0.0472 e. The SMILES string of the molecule is CCSc1ccc(N)cc1N. The van der Waals surface area contributed by atoms with E-state index in [9.17, 15) is 0 Å². The van der Waals surface area contributed by atoms with Gasteiger partial charge in [-0.1, -0.05) is 6.92 Å². The van der Waals surface area contributed by atoms with Gasteiger partial charge in [0.15, 0.2) is 0 Å². The average molecular weight is 168 g/mol. The molecular weight excluding hydrogens is 156 g/mol. The Hall–Kier alpha value is -0.830. The number of thioether (sulfide) groups is 1. The minimum absolute atomic E-state index is 0.725. The number of rotatable bonds is 2. The highest BCUT2D eigenvalue weighted by molar-refractivity contribution is 7.99. The van der Waals surface area contributed by atoms with Crippen LogP contribution in [0.1, 0.15) is 6.92 Å². The Morgan fingerprint density at radius 2 is 2.09 bits per heavy atom. The second-order valence-corrected chi connectivity index (χ2v) is 3.54. The molecule has 0 heterocycles. The van der Waals surface area contributed by atoms with Gasteiger partial charge in [-0.05, 0) is 24.0 Å². The summed E-state index contributed by atoms with van der Waals surface area (Å²) in [4.78, 5) is 1.11. The van der Waals surface area contributed by atoms with Crippen LogP contribution in [0.4, 0.5) is 11.4 Å². The molecule has 60 valence electrons. The number of benzene rings is 1. The molecular formula is C8H12N2S. The number of hydrogen-bond donors (Lipinski definition) is 2. The standard InChI is InChI=1S/C8H12N2S/c1-2-11-8-4-3-6(9)5-7(8)10/h3-5H,2,9-10H2,1H3. The Labute approximate surface area is 71.0 Å². The van der Waals surface area contributed by atoms with Crippen molar-refractivity contribution in [3.8, 4) is 0 Å². The molecule has 0 saturated carbocycles. The number of hydrogen-bond acceptors (Lipinski definition) is 3. The van der Waals surface area contributed by atoms with Gasteiger partial charge in [0.05, 0.1) is 0 Å². The normalized spacial score (nSPS) is 9.91. The average Bonchev–Trinajstić information content (AvgIpc) is 1.95. The molecule has 0 fully saturated rings. The lowest BCUT2D eigenvalue weighted by atomic mass is 10.3. The van der Waals surface area contributed by atoms with E-state index >= 15 is 0 Å². The molecule has 1 aromatic carbocycles. The zero-order chi connectivity index (χ0) is 8.27. The summed E-state index contributed by atoms with van der Waals surface area (Å²) in [5.74, 6) is 1.04. The lowest BCUT2D eigenvalue weighted by molar-refractivity contribution is 1.43. The molecule has 0 amide bonds. The highest BCUT2D eigenvalue weighted by Gasteiger charge is 1.97. The van der Waals surface area contributed by atoms with Crippen LogP contribution in [0.25, 0.3) is 0 Å². The van der Waals surface area contributed by atoms with Crippen LogP contribution in [0.5, 0.6) is 0 Å². The van der Waals surface area contributed by atoms with Crippen LogP contribution in [-0.4, -0.2) is 5.75 Å². The summed E-state index contributed by atoms with van der Waals surface area (Å²) in [5, 5.41) is 0. The molecule has 4 N–H and O–H groups in total. The zero-order valence-corrected chi connectivity index (χ0v) is 7.32. The fourth-order valence-electron chi connectivity index (χ4n) is 0.854. The van der Waals surface area contributed by atoms with Crippen molar-refractivity contribution in [2.75, 3.05) is 17.2 Å². The monoisotopic (exact) mass is 168 g/mol. The van der Waals surface area contributed by atoms with Crippen LogP contribution in [0.2, 0.25) is 0 Å². The van der Waals surface area contributed by atoms with Gasteiger partial charge in [0.1, 0.15) is 0 Å². The van der Waals surface area contributed by atoms with Crippen molar-refractivity contribution in [3.63, 3.8) is 0 Å². The summed E-state index contributed by atoms with van der Waals surface area (Å²) in [6.45, 7) is 2.10. The summed E-state index contributed by atoms with van der Waals surface area (Å²) in [7, 11) is 0. The Morgan fingerprint density at radius 3 is 2.64 bits per heavy atom. The summed E-state index contributed by atoms with van der Waals surface area (Å²) in [6, 6.07) is 5.62. The molecule has 1 rings (SSSR count). The van der Waals surface area contributed by atoms with Gasteiger partial charge in [0.2, 0.25) is 0 Å². The quantitative estimate of drug-likeness (QED) is 0.524. The fourth-order valence-corrected chi connectivity index (χ4v) is 1.55. The van der Waals surface area contributed by atoms with Gasteiger partial charge in [-0.3, -0.25) is 0 Å². The van der Waals surface area contributed by atoms with Crippen molar-refractivity contribution in [1.82, 2.24) is 0 Å². The molecule has 1 aromatic rings. The Morgan fingerprint density at radius 1 is 1.36 bits per heavy atom. The second kappa shape index (κ2) is 3.53. The van der Waals surface area contributed by atoms with Gasteiger partial charge in [-0.25, -0.2) is 0 Å². The summed E-state index contributed by atoms with van der Waals surface area (Å²) < 4.78 is 0. The first kappa shape index (κ1) is 8.27. The van der Waals surface area contributed by atoms with Crippen LogP contribution in [0.3, 0.4) is 0 Å². The molecule has 0 aliphatic carbocycles. The maximum atomic E-state index is 5.71. The van der Waals surface area contributed by atoms with Crippen molar-refractivity contribution >= 4 is 23.1 Å². The Bertz CT molecular complexity index is 248. The Balaban J connectivity index is 2.90. The maximum Gasteiger partial charge on any atom is 0.0472 e. The number of anilines is 2. The molecule has 11 heavy (non-hydrogen) atoms. The van der Waals surface area contributed by atoms with Crippen LogP contribution in [0.15, 0.2) is 23.1 Å². The van der Waals surface area contributed by atoms with E-state index in [1.807, 2.05) is 12.1 Å². The summed E-state index contributed by atoms with van der Waals surface area (Å²) >= 11 is 1.73. The third kappa shape index (κ3) is 2.05. The van der Waals surface area contributed by atoms with Crippen molar-refractivity contribution in [2.24, 2.45) is 0 Å². The molecule has 0 spiro atoms. The van der Waals surface area contributed by atoms with Crippen molar-refractivity contribution in [1.29, 1.82) is 0 Å². The van der Waals surface area contributed by atoms with E-state index < -0.39 is 0 Å². The zero-order valence-electron chi connectivity index (χ0n) is 6.50. The Kier molecular flexibility index (Phi) is 2.65. The van der Waals surface area contributed by atoms with Gasteiger partial charge in [0, 0.05) is 16.3 Å². The molecule has 0 unspecified atom stereocenters. The topological polar surface area (TPSA) is 52.0 Å². The molecule has 0 aliphatic rings. The third-order valence-corrected chi connectivity index (χ3v) is 2.31. The van der Waals surface area contributed by atoms with Gasteiger partial charge in [-0.15, -0.1) is 11.8 Å². The summed E-state index contributed by atoms with van der Waals surface area (Å²) in [6.07, 6.45) is 0. The van der Waals surface area contributed by atoms with E-state index in [1.54, 1.807) is 17.8 Å². The predicted octanol–water partition coefficient (Wildman–Crippen LogP) is 1.96. The molecule has 0 saturated heterocycles. The molecule has 0 aromatic heterocycles.